The number of amides is 3. The molecule has 0 aliphatic carbocycles. The number of hydrogen-bond donors (Lipinski definition) is 4. The zero-order valence-corrected chi connectivity index (χ0v) is 10.7. The van der Waals surface area contributed by atoms with Crippen LogP contribution in [-0.2, 0) is 4.79 Å². The van der Waals surface area contributed by atoms with Crippen LogP contribution in [0.4, 0.5) is 4.79 Å². The average Bonchev–Trinajstić information content (AvgIpc) is 2.38. The summed E-state index contributed by atoms with van der Waals surface area (Å²) in [6, 6.07) is 5.47. The highest BCUT2D eigenvalue weighted by atomic mass is 16.3. The average molecular weight is 261 g/mol. The molecule has 0 bridgehead atoms. The van der Waals surface area contributed by atoms with Crippen molar-refractivity contribution in [3.05, 3.63) is 41.1 Å². The number of carbonyl (C=O) groups is 2. The second-order valence-corrected chi connectivity index (χ2v) is 4.24. The molecule has 0 saturated heterocycles. The molecule has 1 aliphatic heterocycles. The second kappa shape index (κ2) is 5.01. The van der Waals surface area contributed by atoms with Crippen LogP contribution in [0.2, 0.25) is 0 Å². The van der Waals surface area contributed by atoms with Gasteiger partial charge in [-0.25, -0.2) is 4.79 Å². The van der Waals surface area contributed by atoms with Crippen molar-refractivity contribution in [3.63, 3.8) is 0 Å². The van der Waals surface area contributed by atoms with Gasteiger partial charge < -0.3 is 21.1 Å². The summed E-state index contributed by atoms with van der Waals surface area (Å²) in [5.74, 6) is -0.130. The van der Waals surface area contributed by atoms with Crippen molar-refractivity contribution in [3.8, 4) is 5.75 Å². The van der Waals surface area contributed by atoms with Crippen molar-refractivity contribution >= 4 is 11.9 Å². The summed E-state index contributed by atoms with van der Waals surface area (Å²) >= 11 is 0. The predicted molar refractivity (Wildman–Crippen MR) is 69.3 cm³/mol. The van der Waals surface area contributed by atoms with Crippen LogP contribution < -0.4 is 16.0 Å². The Hall–Kier alpha value is -2.50. The number of carbonyl (C=O) groups excluding carboxylic acids is 2. The van der Waals surface area contributed by atoms with Gasteiger partial charge in [0, 0.05) is 12.7 Å². The number of phenols is 1. The predicted octanol–water partition coefficient (Wildman–Crippen LogP) is 0.766. The van der Waals surface area contributed by atoms with Gasteiger partial charge in [0.05, 0.1) is 11.6 Å². The van der Waals surface area contributed by atoms with Crippen LogP contribution in [0.15, 0.2) is 35.5 Å². The van der Waals surface area contributed by atoms with E-state index in [0.29, 0.717) is 11.3 Å². The number of rotatable bonds is 2. The van der Waals surface area contributed by atoms with Gasteiger partial charge in [-0.3, -0.25) is 4.79 Å². The molecule has 0 radical (unpaired) electrons. The standard InChI is InChI=1S/C13H15N3O3/c1-7-10(12(18)14-2)11(16-13(19)15-7)8-3-5-9(17)6-4-8/h3-6,11,17H,1-2H3,(H,14,18)(H2,15,16,19). The first-order valence-corrected chi connectivity index (χ1v) is 5.82. The minimum Gasteiger partial charge on any atom is -0.508 e. The van der Waals surface area contributed by atoms with Crippen molar-refractivity contribution in [2.75, 3.05) is 7.05 Å². The number of aromatic hydroxyl groups is 1. The zero-order chi connectivity index (χ0) is 14.0. The largest absolute Gasteiger partial charge is 0.508 e. The lowest BCUT2D eigenvalue weighted by atomic mass is 9.95. The molecule has 0 fully saturated rings. The lowest BCUT2D eigenvalue weighted by molar-refractivity contribution is -0.117. The maximum absolute atomic E-state index is 11.9. The highest BCUT2D eigenvalue weighted by Gasteiger charge is 2.30. The van der Waals surface area contributed by atoms with Gasteiger partial charge in [-0.2, -0.15) is 0 Å². The summed E-state index contributed by atoms with van der Waals surface area (Å²) in [6.07, 6.45) is 0. The van der Waals surface area contributed by atoms with E-state index in [9.17, 15) is 14.7 Å². The monoisotopic (exact) mass is 261 g/mol. The van der Waals surface area contributed by atoms with Crippen molar-refractivity contribution < 1.29 is 14.7 Å². The fourth-order valence-electron chi connectivity index (χ4n) is 2.05. The molecule has 6 nitrogen and oxygen atoms in total. The summed E-state index contributed by atoms with van der Waals surface area (Å²) in [7, 11) is 1.53. The summed E-state index contributed by atoms with van der Waals surface area (Å²) in [6.45, 7) is 1.68. The van der Waals surface area contributed by atoms with E-state index in [1.165, 1.54) is 19.2 Å². The van der Waals surface area contributed by atoms with Gasteiger partial charge in [-0.15, -0.1) is 0 Å². The molecule has 0 saturated carbocycles. The van der Waals surface area contributed by atoms with Gasteiger partial charge in [0.25, 0.3) is 5.91 Å². The Kier molecular flexibility index (Phi) is 3.41. The van der Waals surface area contributed by atoms with Gasteiger partial charge in [-0.05, 0) is 24.6 Å². The Morgan fingerprint density at radius 1 is 1.32 bits per heavy atom. The van der Waals surface area contributed by atoms with Crippen LogP contribution >= 0.6 is 0 Å². The molecule has 1 unspecified atom stereocenters. The Balaban J connectivity index is 2.46. The van der Waals surface area contributed by atoms with Crippen LogP contribution in [0.5, 0.6) is 5.75 Å². The molecule has 0 aromatic heterocycles. The van der Waals surface area contributed by atoms with Crippen LogP contribution in [0.3, 0.4) is 0 Å². The first-order valence-electron chi connectivity index (χ1n) is 5.82. The molecule has 19 heavy (non-hydrogen) atoms. The summed E-state index contributed by atoms with van der Waals surface area (Å²) < 4.78 is 0. The maximum Gasteiger partial charge on any atom is 0.319 e. The zero-order valence-electron chi connectivity index (χ0n) is 10.7. The van der Waals surface area contributed by atoms with Crippen molar-refractivity contribution in [1.82, 2.24) is 16.0 Å². The third-order valence-corrected chi connectivity index (χ3v) is 2.97. The van der Waals surface area contributed by atoms with E-state index in [-0.39, 0.29) is 17.7 Å². The van der Waals surface area contributed by atoms with Gasteiger partial charge in [0.1, 0.15) is 5.75 Å². The fraction of sp³-hybridized carbons (Fsp3) is 0.231. The quantitative estimate of drug-likeness (QED) is 0.633. The molecule has 0 spiro atoms. The Labute approximate surface area is 110 Å². The summed E-state index contributed by atoms with van der Waals surface area (Å²) in [5.41, 5.74) is 1.69. The molecule has 1 atom stereocenters. The van der Waals surface area contributed by atoms with Gasteiger partial charge >= 0.3 is 6.03 Å². The van der Waals surface area contributed by atoms with Crippen LogP contribution in [0.25, 0.3) is 0 Å². The normalized spacial score (nSPS) is 18.6. The molecule has 1 aromatic rings. The lowest BCUT2D eigenvalue weighted by Gasteiger charge is -2.28. The Bertz CT molecular complexity index is 549. The van der Waals surface area contributed by atoms with Crippen LogP contribution in [0.1, 0.15) is 18.5 Å². The number of hydrogen-bond acceptors (Lipinski definition) is 3. The van der Waals surface area contributed by atoms with Gasteiger partial charge in [0.15, 0.2) is 0 Å². The smallest absolute Gasteiger partial charge is 0.319 e. The molecule has 1 heterocycles. The SMILES string of the molecule is CNC(=O)C1=C(C)NC(=O)NC1c1ccc(O)cc1. The minimum atomic E-state index is -0.533. The number of urea groups is 1. The number of phenolic OH excluding ortho intramolecular Hbond substituents is 1. The molecular formula is C13H15N3O3. The van der Waals surface area contributed by atoms with Gasteiger partial charge in [0.2, 0.25) is 0 Å². The highest BCUT2D eigenvalue weighted by molar-refractivity contribution is 5.98. The third-order valence-electron chi connectivity index (χ3n) is 2.97. The molecule has 6 heteroatoms. The van der Waals surface area contributed by atoms with Gasteiger partial charge in [-0.1, -0.05) is 12.1 Å². The number of allylic oxidation sites excluding steroid dienone is 1. The van der Waals surface area contributed by atoms with E-state index in [2.05, 4.69) is 16.0 Å². The number of nitrogens with one attached hydrogen (secondary N) is 3. The summed E-state index contributed by atoms with van der Waals surface area (Å²) in [5, 5.41) is 17.1. The third kappa shape index (κ3) is 2.52. The minimum absolute atomic E-state index is 0.131. The van der Waals surface area contributed by atoms with E-state index in [1.54, 1.807) is 19.1 Å². The van der Waals surface area contributed by atoms with E-state index < -0.39 is 6.04 Å². The first kappa shape index (κ1) is 12.9. The molecular weight excluding hydrogens is 246 g/mol. The van der Waals surface area contributed by atoms with E-state index in [4.69, 9.17) is 0 Å². The second-order valence-electron chi connectivity index (χ2n) is 4.24. The Morgan fingerprint density at radius 3 is 2.53 bits per heavy atom. The van der Waals surface area contributed by atoms with Crippen molar-refractivity contribution in [1.29, 1.82) is 0 Å². The van der Waals surface area contributed by atoms with Crippen molar-refractivity contribution in [2.45, 2.75) is 13.0 Å². The Morgan fingerprint density at radius 2 is 1.95 bits per heavy atom. The number of likely N-dealkylation sites (N-methyl/N-ethyl adjacent to an activating group) is 1. The van der Waals surface area contributed by atoms with E-state index >= 15 is 0 Å². The van der Waals surface area contributed by atoms with E-state index in [1.807, 2.05) is 0 Å². The van der Waals surface area contributed by atoms with E-state index in [0.717, 1.165) is 5.56 Å². The van der Waals surface area contributed by atoms with Crippen LogP contribution in [0, 0.1) is 0 Å². The van der Waals surface area contributed by atoms with Crippen molar-refractivity contribution in [2.24, 2.45) is 0 Å². The summed E-state index contributed by atoms with van der Waals surface area (Å²) in [4.78, 5) is 23.5. The fourth-order valence-corrected chi connectivity index (χ4v) is 2.05. The molecule has 2 rings (SSSR count). The maximum atomic E-state index is 11.9. The molecule has 1 aromatic carbocycles. The number of benzene rings is 1. The molecule has 3 amide bonds. The highest BCUT2D eigenvalue weighted by Crippen LogP contribution is 2.27. The topological polar surface area (TPSA) is 90.5 Å². The molecule has 4 N–H and O–H groups in total. The first-order chi connectivity index (χ1) is 9.02. The lowest BCUT2D eigenvalue weighted by Crippen LogP contribution is -2.46. The van der Waals surface area contributed by atoms with Crippen LogP contribution in [-0.4, -0.2) is 24.1 Å². The molecule has 100 valence electrons. The molecule has 1 aliphatic rings.